The fraction of sp³-hybridized carbons (Fsp3) is 0.667. The highest BCUT2D eigenvalue weighted by atomic mass is 15.1. The molecule has 1 aliphatic heterocycles. The van der Waals surface area contributed by atoms with Crippen molar-refractivity contribution in [1.29, 1.82) is 0 Å². The Balaban J connectivity index is 1.82. The lowest BCUT2D eigenvalue weighted by atomic mass is 10.2. The molecule has 2 rings (SSSR count). The van der Waals surface area contributed by atoms with Gasteiger partial charge in [-0.1, -0.05) is 0 Å². The Labute approximate surface area is 78.4 Å². The van der Waals surface area contributed by atoms with Crippen molar-refractivity contribution in [3.05, 3.63) is 18.2 Å². The van der Waals surface area contributed by atoms with Gasteiger partial charge >= 0.3 is 0 Å². The first-order chi connectivity index (χ1) is 6.36. The van der Waals surface area contributed by atoms with Crippen LogP contribution < -0.4 is 10.6 Å². The molecule has 2 heterocycles. The first kappa shape index (κ1) is 8.72. The van der Waals surface area contributed by atoms with Crippen LogP contribution in [0.5, 0.6) is 0 Å². The standard InChI is InChI=1S/C9H16N4/c1-13-5-4-11-9(13)7-12-8-2-3-10-6-8/h4-5,8,10,12H,2-3,6-7H2,1H3/t8-/m0/s1. The van der Waals surface area contributed by atoms with E-state index in [-0.39, 0.29) is 0 Å². The summed E-state index contributed by atoms with van der Waals surface area (Å²) in [6.45, 7) is 3.10. The van der Waals surface area contributed by atoms with Crippen molar-refractivity contribution in [1.82, 2.24) is 20.2 Å². The molecule has 1 aromatic heterocycles. The van der Waals surface area contributed by atoms with Gasteiger partial charge in [-0.15, -0.1) is 0 Å². The maximum Gasteiger partial charge on any atom is 0.122 e. The molecule has 4 nitrogen and oxygen atoms in total. The van der Waals surface area contributed by atoms with Crippen molar-refractivity contribution in [2.75, 3.05) is 13.1 Å². The van der Waals surface area contributed by atoms with Gasteiger partial charge in [-0.3, -0.25) is 0 Å². The lowest BCUT2D eigenvalue weighted by Crippen LogP contribution is -2.31. The van der Waals surface area contributed by atoms with Crippen LogP contribution in [-0.2, 0) is 13.6 Å². The van der Waals surface area contributed by atoms with Gasteiger partial charge in [-0.05, 0) is 13.0 Å². The van der Waals surface area contributed by atoms with Gasteiger partial charge in [0.2, 0.25) is 0 Å². The summed E-state index contributed by atoms with van der Waals surface area (Å²) in [6, 6.07) is 0.622. The van der Waals surface area contributed by atoms with E-state index in [0.29, 0.717) is 6.04 Å². The molecule has 1 atom stereocenters. The minimum atomic E-state index is 0.622. The summed E-state index contributed by atoms with van der Waals surface area (Å²) in [5, 5.41) is 6.81. The molecule has 1 aromatic rings. The Morgan fingerprint density at radius 1 is 1.77 bits per heavy atom. The second-order valence-electron chi connectivity index (χ2n) is 3.52. The lowest BCUT2D eigenvalue weighted by molar-refractivity contribution is 0.527. The van der Waals surface area contributed by atoms with Gasteiger partial charge in [-0.2, -0.15) is 0 Å². The van der Waals surface area contributed by atoms with Crippen LogP contribution in [0.4, 0.5) is 0 Å². The predicted molar refractivity (Wildman–Crippen MR) is 51.3 cm³/mol. The van der Waals surface area contributed by atoms with E-state index in [1.165, 1.54) is 6.42 Å². The molecule has 1 saturated heterocycles. The molecule has 0 unspecified atom stereocenters. The van der Waals surface area contributed by atoms with Gasteiger partial charge in [0.15, 0.2) is 0 Å². The van der Waals surface area contributed by atoms with Crippen LogP contribution in [0.25, 0.3) is 0 Å². The number of aryl methyl sites for hydroxylation is 1. The van der Waals surface area contributed by atoms with E-state index in [0.717, 1.165) is 25.5 Å². The SMILES string of the molecule is Cn1ccnc1CN[C@H]1CCNC1. The third-order valence-electron chi connectivity index (χ3n) is 2.53. The molecule has 2 N–H and O–H groups in total. The summed E-state index contributed by atoms with van der Waals surface area (Å²) in [5.74, 6) is 1.10. The highest BCUT2D eigenvalue weighted by molar-refractivity contribution is 4.91. The number of hydrogen-bond donors (Lipinski definition) is 2. The number of rotatable bonds is 3. The quantitative estimate of drug-likeness (QED) is 0.681. The molecule has 0 radical (unpaired) electrons. The molecule has 1 aliphatic rings. The molecule has 0 aliphatic carbocycles. The van der Waals surface area contributed by atoms with Crippen LogP contribution in [0.15, 0.2) is 12.4 Å². The van der Waals surface area contributed by atoms with Crippen LogP contribution in [0.3, 0.4) is 0 Å². The van der Waals surface area contributed by atoms with Crippen molar-refractivity contribution in [3.8, 4) is 0 Å². The van der Waals surface area contributed by atoms with Gasteiger partial charge in [0.05, 0.1) is 6.54 Å². The molecule has 72 valence electrons. The van der Waals surface area contributed by atoms with E-state index in [2.05, 4.69) is 20.2 Å². The minimum absolute atomic E-state index is 0.622. The number of nitrogens with zero attached hydrogens (tertiary/aromatic N) is 2. The molecule has 1 fully saturated rings. The van der Waals surface area contributed by atoms with Crippen LogP contribution in [0.1, 0.15) is 12.2 Å². The Morgan fingerprint density at radius 3 is 3.31 bits per heavy atom. The zero-order valence-corrected chi connectivity index (χ0v) is 7.95. The first-order valence-corrected chi connectivity index (χ1v) is 4.76. The van der Waals surface area contributed by atoms with E-state index < -0.39 is 0 Å². The van der Waals surface area contributed by atoms with E-state index >= 15 is 0 Å². The molecular formula is C9H16N4. The van der Waals surface area contributed by atoms with Gasteiger partial charge in [-0.25, -0.2) is 4.98 Å². The average molecular weight is 180 g/mol. The molecule has 0 bridgehead atoms. The molecule has 13 heavy (non-hydrogen) atoms. The van der Waals surface area contributed by atoms with Gasteiger partial charge < -0.3 is 15.2 Å². The van der Waals surface area contributed by atoms with Gasteiger partial charge in [0.25, 0.3) is 0 Å². The van der Waals surface area contributed by atoms with Crippen LogP contribution >= 0.6 is 0 Å². The van der Waals surface area contributed by atoms with Crippen molar-refractivity contribution < 1.29 is 0 Å². The Kier molecular flexibility index (Phi) is 2.61. The van der Waals surface area contributed by atoms with Crippen molar-refractivity contribution in [2.45, 2.75) is 19.0 Å². The van der Waals surface area contributed by atoms with Crippen LogP contribution in [-0.4, -0.2) is 28.7 Å². The Hall–Kier alpha value is -0.870. The summed E-state index contributed by atoms with van der Waals surface area (Å²) in [6.07, 6.45) is 5.04. The maximum atomic E-state index is 4.26. The second-order valence-corrected chi connectivity index (χ2v) is 3.52. The van der Waals surface area contributed by atoms with Crippen molar-refractivity contribution in [3.63, 3.8) is 0 Å². The Morgan fingerprint density at radius 2 is 2.69 bits per heavy atom. The highest BCUT2D eigenvalue weighted by Crippen LogP contribution is 1.99. The Bertz CT molecular complexity index is 262. The monoisotopic (exact) mass is 180 g/mol. The zero-order chi connectivity index (χ0) is 9.10. The normalized spacial score (nSPS) is 22.4. The third-order valence-corrected chi connectivity index (χ3v) is 2.53. The van der Waals surface area contributed by atoms with E-state index in [1.807, 2.05) is 19.4 Å². The molecular weight excluding hydrogens is 164 g/mol. The zero-order valence-electron chi connectivity index (χ0n) is 7.95. The summed E-state index contributed by atoms with van der Waals surface area (Å²) in [5.41, 5.74) is 0. The summed E-state index contributed by atoms with van der Waals surface area (Å²) < 4.78 is 2.05. The smallest absolute Gasteiger partial charge is 0.122 e. The maximum absolute atomic E-state index is 4.26. The molecule has 0 spiro atoms. The summed E-state index contributed by atoms with van der Waals surface area (Å²) in [7, 11) is 2.02. The number of hydrogen-bond acceptors (Lipinski definition) is 3. The number of nitrogens with one attached hydrogen (secondary N) is 2. The first-order valence-electron chi connectivity index (χ1n) is 4.76. The minimum Gasteiger partial charge on any atom is -0.337 e. The summed E-state index contributed by atoms with van der Waals surface area (Å²) in [4.78, 5) is 4.26. The molecule has 0 amide bonds. The molecule has 0 aromatic carbocycles. The second kappa shape index (κ2) is 3.89. The third kappa shape index (κ3) is 2.08. The predicted octanol–water partition coefficient (Wildman–Crippen LogP) is -0.128. The largest absolute Gasteiger partial charge is 0.337 e. The van der Waals surface area contributed by atoms with E-state index in [1.54, 1.807) is 0 Å². The van der Waals surface area contributed by atoms with Gasteiger partial charge in [0.1, 0.15) is 5.82 Å². The molecule has 0 saturated carbocycles. The fourth-order valence-corrected chi connectivity index (χ4v) is 1.63. The highest BCUT2D eigenvalue weighted by Gasteiger charge is 2.13. The van der Waals surface area contributed by atoms with E-state index in [9.17, 15) is 0 Å². The van der Waals surface area contributed by atoms with Gasteiger partial charge in [0, 0.05) is 32.0 Å². The van der Waals surface area contributed by atoms with Crippen LogP contribution in [0.2, 0.25) is 0 Å². The fourth-order valence-electron chi connectivity index (χ4n) is 1.63. The number of imidazole rings is 1. The lowest BCUT2D eigenvalue weighted by Gasteiger charge is -2.10. The van der Waals surface area contributed by atoms with Crippen molar-refractivity contribution in [2.24, 2.45) is 7.05 Å². The summed E-state index contributed by atoms with van der Waals surface area (Å²) >= 11 is 0. The topological polar surface area (TPSA) is 41.9 Å². The van der Waals surface area contributed by atoms with Crippen LogP contribution in [0, 0.1) is 0 Å². The van der Waals surface area contributed by atoms with E-state index in [4.69, 9.17) is 0 Å². The number of aromatic nitrogens is 2. The van der Waals surface area contributed by atoms with Crippen molar-refractivity contribution >= 4 is 0 Å². The average Bonchev–Trinajstić information content (AvgIpc) is 2.72. The molecule has 4 heteroatoms.